The third kappa shape index (κ3) is 9.96. The second-order valence-electron chi connectivity index (χ2n) is 17.0. The first-order valence-electron chi connectivity index (χ1n) is 17.9. The second-order valence-corrected chi connectivity index (χ2v) is 17.8. The minimum Gasteiger partial charge on any atom is -0.490 e. The maximum absolute atomic E-state index is 15.0. The van der Waals surface area contributed by atoms with E-state index < -0.39 is 5.66 Å². The summed E-state index contributed by atoms with van der Waals surface area (Å²) < 4.78 is 6.15. The van der Waals surface area contributed by atoms with Gasteiger partial charge in [0.1, 0.15) is 17.2 Å². The minimum atomic E-state index is -0.759. The van der Waals surface area contributed by atoms with Gasteiger partial charge in [-0.3, -0.25) is 14.6 Å². The number of nitrogens with zero attached hydrogens (tertiary/aromatic N) is 4. The first kappa shape index (κ1) is 40.4. The number of hydrazine groups is 1. The molecule has 0 radical (unpaired) electrons. The van der Waals surface area contributed by atoms with Crippen molar-refractivity contribution in [3.63, 3.8) is 0 Å². The predicted octanol–water partition coefficient (Wildman–Crippen LogP) is 7.97. The molecule has 2 amide bonds. The third-order valence-corrected chi connectivity index (χ3v) is 10.4. The molecule has 5 N–H and O–H groups in total. The van der Waals surface area contributed by atoms with E-state index >= 15 is 4.79 Å². The van der Waals surface area contributed by atoms with E-state index in [1.165, 1.54) is 4.90 Å². The quantitative estimate of drug-likeness (QED) is 0.0873. The number of aliphatic imine (C=N–C) groups is 1. The smallest absolute Gasteiger partial charge is 0.275 e. The van der Waals surface area contributed by atoms with Crippen LogP contribution >= 0.6 is 23.2 Å². The molecule has 51 heavy (non-hydrogen) atoms. The molecule has 280 valence electrons. The zero-order valence-corrected chi connectivity index (χ0v) is 33.3. The number of halogens is 2. The Kier molecular flexibility index (Phi) is 12.8. The van der Waals surface area contributed by atoms with Crippen LogP contribution < -0.4 is 21.8 Å². The highest BCUT2D eigenvalue weighted by molar-refractivity contribution is 6.51. The van der Waals surface area contributed by atoms with E-state index in [9.17, 15) is 4.79 Å². The SMILES string of the molecule is CC1CC(C)CC2(C1)N=C(c1ccc(Cl)c(OCCC(C)(C)C)c1Cl)C(=O)N2C(CCC(C)(C)C)c1ccc(C(=O)N(C)C/C(N)=N/NN)cc1. The topological polar surface area (TPSA) is 139 Å². The molecule has 1 heterocycles. The average molecular weight is 743 g/mol. The van der Waals surface area contributed by atoms with E-state index in [0.717, 1.165) is 37.7 Å². The van der Waals surface area contributed by atoms with Crippen molar-refractivity contribution in [1.29, 1.82) is 0 Å². The third-order valence-electron chi connectivity index (χ3n) is 9.72. The van der Waals surface area contributed by atoms with Crippen LogP contribution in [0.5, 0.6) is 5.75 Å². The summed E-state index contributed by atoms with van der Waals surface area (Å²) in [4.78, 5) is 37.2. The van der Waals surface area contributed by atoms with Crippen LogP contribution in [0.3, 0.4) is 0 Å². The number of rotatable bonds is 12. The van der Waals surface area contributed by atoms with Gasteiger partial charge >= 0.3 is 0 Å². The average Bonchev–Trinajstić information content (AvgIpc) is 3.27. The van der Waals surface area contributed by atoms with Crippen LogP contribution in [-0.2, 0) is 4.79 Å². The highest BCUT2D eigenvalue weighted by Crippen LogP contribution is 2.50. The number of hydrogen-bond acceptors (Lipinski definition) is 7. The fourth-order valence-corrected chi connectivity index (χ4v) is 7.95. The van der Waals surface area contributed by atoms with Crippen molar-refractivity contribution in [2.24, 2.45) is 44.3 Å². The Balaban J connectivity index is 1.78. The fraction of sp³-hybridized carbons (Fsp3) is 0.590. The van der Waals surface area contributed by atoms with Crippen molar-refractivity contribution in [3.05, 3.63) is 63.1 Å². The molecule has 3 atom stereocenters. The van der Waals surface area contributed by atoms with E-state index in [4.69, 9.17) is 44.5 Å². The molecule has 2 aromatic carbocycles. The molecule has 0 aromatic heterocycles. The van der Waals surface area contributed by atoms with Gasteiger partial charge in [0.2, 0.25) is 0 Å². The number of ether oxygens (including phenoxy) is 1. The van der Waals surface area contributed by atoms with Gasteiger partial charge in [-0.15, -0.1) is 0 Å². The molecule has 2 aromatic rings. The molecule has 1 spiro atoms. The molecule has 3 unspecified atom stereocenters. The van der Waals surface area contributed by atoms with Crippen LogP contribution in [0.4, 0.5) is 0 Å². The summed E-state index contributed by atoms with van der Waals surface area (Å²) >= 11 is 13.7. The monoisotopic (exact) mass is 741 g/mol. The zero-order chi connectivity index (χ0) is 37.9. The number of benzene rings is 2. The summed E-state index contributed by atoms with van der Waals surface area (Å²) in [6.45, 7) is 18.1. The fourth-order valence-electron chi connectivity index (χ4n) is 7.38. The Bertz CT molecular complexity index is 1620. The number of carbonyl (C=O) groups excluding carboxylic acids is 2. The highest BCUT2D eigenvalue weighted by Gasteiger charge is 2.53. The lowest BCUT2D eigenvalue weighted by Gasteiger charge is -2.47. The lowest BCUT2D eigenvalue weighted by atomic mass is 9.75. The van der Waals surface area contributed by atoms with Gasteiger partial charge in [-0.25, -0.2) is 11.4 Å². The number of nitrogens with one attached hydrogen (secondary N) is 1. The second kappa shape index (κ2) is 16.1. The van der Waals surface area contributed by atoms with Gasteiger partial charge in [0, 0.05) is 18.2 Å². The van der Waals surface area contributed by atoms with Crippen molar-refractivity contribution >= 4 is 46.6 Å². The molecule has 10 nitrogen and oxygen atoms in total. The number of likely N-dealkylation sites (N-methyl/N-ethyl adjacent to an activating group) is 1. The first-order chi connectivity index (χ1) is 23.7. The van der Waals surface area contributed by atoms with Crippen molar-refractivity contribution < 1.29 is 14.3 Å². The standard InChI is InChI=1S/C39H57Cl2N7O3/c1-24-20-25(2)22-39(21-24)44-33(28-14-15-29(40)34(32(28)41)51-19-18-38(6,7)8)36(50)48(39)30(16-17-37(3,4)5)26-10-12-27(13-11-26)35(49)47(9)23-31(42)45-46-43/h10-15,24-25,30,46H,16-23,43H2,1-9H3,(H2,42,45). The van der Waals surface area contributed by atoms with Crippen LogP contribution in [0, 0.1) is 22.7 Å². The Morgan fingerprint density at radius 3 is 2.24 bits per heavy atom. The van der Waals surface area contributed by atoms with E-state index in [-0.39, 0.29) is 41.1 Å². The number of amidine groups is 1. The maximum Gasteiger partial charge on any atom is 0.275 e. The van der Waals surface area contributed by atoms with Crippen LogP contribution in [0.25, 0.3) is 0 Å². The molecular formula is C39H57Cl2N7O3. The molecule has 4 rings (SSSR count). The summed E-state index contributed by atoms with van der Waals surface area (Å²) in [6.07, 6.45) is 4.92. The summed E-state index contributed by atoms with van der Waals surface area (Å²) in [6, 6.07) is 10.8. The number of amides is 2. The largest absolute Gasteiger partial charge is 0.490 e. The number of carbonyl (C=O) groups is 2. The van der Waals surface area contributed by atoms with E-state index in [1.807, 2.05) is 29.2 Å². The van der Waals surface area contributed by atoms with Gasteiger partial charge in [-0.2, -0.15) is 5.10 Å². The maximum atomic E-state index is 15.0. The van der Waals surface area contributed by atoms with Crippen molar-refractivity contribution in [3.8, 4) is 5.75 Å². The van der Waals surface area contributed by atoms with Gasteiger partial charge in [0.25, 0.3) is 11.8 Å². The predicted molar refractivity (Wildman–Crippen MR) is 208 cm³/mol. The minimum absolute atomic E-state index is 0.0162. The Labute approximate surface area is 314 Å². The van der Waals surface area contributed by atoms with E-state index in [1.54, 1.807) is 19.2 Å². The van der Waals surface area contributed by atoms with E-state index in [2.05, 4.69) is 66.0 Å². The number of hydrazone groups is 1. The first-order valence-corrected chi connectivity index (χ1v) is 18.7. The van der Waals surface area contributed by atoms with Gasteiger partial charge in [-0.1, -0.05) is 90.7 Å². The molecule has 1 aliphatic carbocycles. The van der Waals surface area contributed by atoms with Crippen molar-refractivity contribution in [1.82, 2.24) is 15.3 Å². The normalized spacial score (nSPS) is 21.9. The molecule has 2 aliphatic rings. The molecule has 1 fully saturated rings. The Morgan fingerprint density at radius 1 is 1.06 bits per heavy atom. The highest BCUT2D eigenvalue weighted by atomic mass is 35.5. The van der Waals surface area contributed by atoms with Crippen LogP contribution in [-0.4, -0.2) is 59.0 Å². The summed E-state index contributed by atoms with van der Waals surface area (Å²) in [5.74, 6) is 6.12. The summed E-state index contributed by atoms with van der Waals surface area (Å²) in [5.41, 5.74) is 9.63. The van der Waals surface area contributed by atoms with E-state index in [0.29, 0.717) is 57.5 Å². The lowest BCUT2D eigenvalue weighted by Crippen LogP contribution is -2.52. The van der Waals surface area contributed by atoms with Gasteiger partial charge in [0.15, 0.2) is 5.75 Å². The number of hydrogen-bond donors (Lipinski definition) is 3. The summed E-state index contributed by atoms with van der Waals surface area (Å²) in [7, 11) is 1.65. The van der Waals surface area contributed by atoms with Crippen LogP contribution in [0.2, 0.25) is 10.0 Å². The van der Waals surface area contributed by atoms with Crippen molar-refractivity contribution in [2.45, 2.75) is 106 Å². The summed E-state index contributed by atoms with van der Waals surface area (Å²) in [5, 5.41) is 4.43. The zero-order valence-electron chi connectivity index (χ0n) is 31.8. The van der Waals surface area contributed by atoms with Crippen molar-refractivity contribution in [2.75, 3.05) is 20.2 Å². The molecule has 0 saturated heterocycles. The van der Waals surface area contributed by atoms with Gasteiger partial charge < -0.3 is 20.3 Å². The lowest BCUT2D eigenvalue weighted by molar-refractivity contribution is -0.134. The Hall–Kier alpha value is -3.34. The molecule has 1 saturated carbocycles. The molecule has 0 bridgehead atoms. The molecule has 1 aliphatic heterocycles. The van der Waals surface area contributed by atoms with Gasteiger partial charge in [0.05, 0.1) is 29.2 Å². The van der Waals surface area contributed by atoms with Gasteiger partial charge in [-0.05, 0) is 91.0 Å². The molecular weight excluding hydrogens is 685 g/mol. The van der Waals surface area contributed by atoms with Crippen LogP contribution in [0.1, 0.15) is 121 Å². The Morgan fingerprint density at radius 2 is 1.67 bits per heavy atom. The van der Waals surface area contributed by atoms with Crippen LogP contribution in [0.15, 0.2) is 46.5 Å². The number of nitrogens with two attached hydrogens (primary N) is 2. The molecule has 12 heteroatoms.